The van der Waals surface area contributed by atoms with Crippen LogP contribution < -0.4 is 0 Å². The summed E-state index contributed by atoms with van der Waals surface area (Å²) < 4.78 is 59.5. The van der Waals surface area contributed by atoms with Crippen LogP contribution in [0.2, 0.25) is 0 Å². The Hall–Kier alpha value is -1.16. The van der Waals surface area contributed by atoms with E-state index in [1.54, 1.807) is 0 Å². The van der Waals surface area contributed by atoms with E-state index in [1.807, 2.05) is 0 Å². The third kappa shape index (κ3) is 2.89. The van der Waals surface area contributed by atoms with E-state index in [9.17, 15) is 21.9 Å². The molecule has 1 aromatic carbocycles. The fourth-order valence-electron chi connectivity index (χ4n) is 0.843. The van der Waals surface area contributed by atoms with Crippen LogP contribution in [0.25, 0.3) is 0 Å². The predicted molar refractivity (Wildman–Crippen MR) is 46.2 cm³/mol. The summed E-state index contributed by atoms with van der Waals surface area (Å²) >= 11 is 0. The fourth-order valence-corrected chi connectivity index (χ4v) is 2.00. The van der Waals surface area contributed by atoms with E-state index in [4.69, 9.17) is 9.11 Å². The average Bonchev–Trinajstić information content (AvgIpc) is 1.99. The maximum atomic E-state index is 10.9. The van der Waals surface area contributed by atoms with Crippen molar-refractivity contribution in [3.8, 4) is 5.75 Å². The molecule has 15 heavy (non-hydrogen) atoms. The normalized spacial score (nSPS) is 12.7. The molecular formula is C6H5O7S2. The molecule has 9 heteroatoms. The van der Waals surface area contributed by atoms with E-state index in [0.29, 0.717) is 18.2 Å². The Kier molecular flexibility index (Phi) is 2.74. The van der Waals surface area contributed by atoms with Crippen LogP contribution in [0.4, 0.5) is 0 Å². The van der Waals surface area contributed by atoms with Gasteiger partial charge in [0.25, 0.3) is 20.2 Å². The Bertz CT molecular complexity index is 534. The summed E-state index contributed by atoms with van der Waals surface area (Å²) in [7, 11) is -9.37. The van der Waals surface area contributed by atoms with Crippen molar-refractivity contribution in [3.63, 3.8) is 0 Å². The van der Waals surface area contributed by atoms with Gasteiger partial charge in [0.1, 0.15) is 0 Å². The van der Waals surface area contributed by atoms with Crippen LogP contribution in [0.3, 0.4) is 0 Å². The molecule has 0 bridgehead atoms. The lowest BCUT2D eigenvalue weighted by Crippen LogP contribution is -2.02. The van der Waals surface area contributed by atoms with Crippen LogP contribution in [0.1, 0.15) is 0 Å². The zero-order valence-electron chi connectivity index (χ0n) is 6.98. The van der Waals surface area contributed by atoms with Crippen molar-refractivity contribution in [3.05, 3.63) is 18.2 Å². The third-order valence-corrected chi connectivity index (χ3v) is 3.11. The van der Waals surface area contributed by atoms with Crippen molar-refractivity contribution in [2.24, 2.45) is 0 Å². The molecule has 2 N–H and O–H groups in total. The molecule has 7 nitrogen and oxygen atoms in total. The van der Waals surface area contributed by atoms with E-state index in [2.05, 4.69) is 0 Å². The Labute approximate surface area is 85.5 Å². The van der Waals surface area contributed by atoms with Gasteiger partial charge < -0.3 is 0 Å². The van der Waals surface area contributed by atoms with Gasteiger partial charge in [-0.25, -0.2) is 0 Å². The number of rotatable bonds is 2. The summed E-state index contributed by atoms with van der Waals surface area (Å²) in [5, 5.41) is 10.9. The minimum absolute atomic E-state index is 0.478. The summed E-state index contributed by atoms with van der Waals surface area (Å²) in [5.41, 5.74) is 0. The molecule has 83 valence electrons. The highest BCUT2D eigenvalue weighted by molar-refractivity contribution is 7.86. The second-order valence-electron chi connectivity index (χ2n) is 2.59. The molecule has 1 aromatic rings. The minimum Gasteiger partial charge on any atom is -0.290 e. The van der Waals surface area contributed by atoms with E-state index in [1.165, 1.54) is 0 Å². The molecule has 0 aliphatic carbocycles. The molecule has 1 radical (unpaired) electrons. The lowest BCUT2D eigenvalue weighted by Gasteiger charge is -2.00. The van der Waals surface area contributed by atoms with Crippen molar-refractivity contribution in [1.29, 1.82) is 0 Å². The van der Waals surface area contributed by atoms with Gasteiger partial charge in [0.15, 0.2) is 5.75 Å². The Morgan fingerprint density at radius 1 is 0.800 bits per heavy atom. The van der Waals surface area contributed by atoms with E-state index in [-0.39, 0.29) is 0 Å². The summed E-state index contributed by atoms with van der Waals surface area (Å²) in [6.07, 6.45) is 0. The van der Waals surface area contributed by atoms with Gasteiger partial charge in [-0.3, -0.25) is 14.2 Å². The molecule has 0 heterocycles. The summed E-state index contributed by atoms with van der Waals surface area (Å²) in [4.78, 5) is -1.77. The molecule has 0 aliphatic heterocycles. The van der Waals surface area contributed by atoms with Crippen LogP contribution >= 0.6 is 0 Å². The average molecular weight is 253 g/mol. The molecule has 0 aliphatic rings. The van der Waals surface area contributed by atoms with Crippen LogP contribution in [0.5, 0.6) is 5.75 Å². The fraction of sp³-hybridized carbons (Fsp3) is 0. The van der Waals surface area contributed by atoms with Crippen molar-refractivity contribution in [2.75, 3.05) is 0 Å². The molecule has 0 aromatic heterocycles. The third-order valence-electron chi connectivity index (χ3n) is 1.45. The molecule has 0 amide bonds. The first-order chi connectivity index (χ1) is 6.60. The highest BCUT2D eigenvalue weighted by Crippen LogP contribution is 2.22. The van der Waals surface area contributed by atoms with Gasteiger partial charge in [-0.1, -0.05) is 0 Å². The maximum Gasteiger partial charge on any atom is 0.294 e. The first-order valence-electron chi connectivity index (χ1n) is 3.38. The largest absolute Gasteiger partial charge is 0.294 e. The highest BCUT2D eigenvalue weighted by atomic mass is 32.2. The van der Waals surface area contributed by atoms with E-state index >= 15 is 0 Å². The van der Waals surface area contributed by atoms with Gasteiger partial charge in [-0.05, 0) is 6.07 Å². The molecule has 0 spiro atoms. The van der Waals surface area contributed by atoms with Crippen molar-refractivity contribution in [1.82, 2.24) is 0 Å². The van der Waals surface area contributed by atoms with Crippen molar-refractivity contribution >= 4 is 20.2 Å². The van der Waals surface area contributed by atoms with Crippen LogP contribution in [-0.4, -0.2) is 25.9 Å². The molecule has 0 fully saturated rings. The van der Waals surface area contributed by atoms with Gasteiger partial charge in [-0.2, -0.15) is 16.8 Å². The first-order valence-corrected chi connectivity index (χ1v) is 6.26. The molecule has 0 unspecified atom stereocenters. The Morgan fingerprint density at radius 2 is 1.13 bits per heavy atom. The standard InChI is InChI=1S/C6H5O7S2/c7-4-1-5(14(8,9)10)3-6(2-4)15(11,12)13/h1-3H,(H,8,9,10)(H,11,12,13). The molecular weight excluding hydrogens is 248 g/mol. The molecule has 0 saturated heterocycles. The lowest BCUT2D eigenvalue weighted by atomic mass is 10.3. The van der Waals surface area contributed by atoms with Gasteiger partial charge in [-0.15, -0.1) is 0 Å². The second-order valence-corrected chi connectivity index (χ2v) is 5.43. The predicted octanol–water partition coefficient (Wildman–Crippen LogP) is 0.324. The maximum absolute atomic E-state index is 10.9. The Balaban J connectivity index is 3.57. The molecule has 0 saturated carbocycles. The van der Waals surface area contributed by atoms with E-state index < -0.39 is 35.8 Å². The monoisotopic (exact) mass is 253 g/mol. The number of hydrogen-bond acceptors (Lipinski definition) is 4. The quantitative estimate of drug-likeness (QED) is 0.730. The lowest BCUT2D eigenvalue weighted by molar-refractivity contribution is 0.351. The zero-order valence-corrected chi connectivity index (χ0v) is 8.62. The first kappa shape index (κ1) is 11.9. The number of hydrogen-bond donors (Lipinski definition) is 2. The SMILES string of the molecule is [O]c1cc(S(=O)(=O)O)cc(S(=O)(=O)O)c1. The second kappa shape index (κ2) is 3.45. The Morgan fingerprint density at radius 3 is 1.40 bits per heavy atom. The molecule has 1 rings (SSSR count). The smallest absolute Gasteiger partial charge is 0.290 e. The van der Waals surface area contributed by atoms with Gasteiger partial charge in [0, 0.05) is 12.1 Å². The summed E-state index contributed by atoms with van der Waals surface area (Å²) in [6.45, 7) is 0. The van der Waals surface area contributed by atoms with Crippen molar-refractivity contribution < 1.29 is 31.0 Å². The van der Waals surface area contributed by atoms with Gasteiger partial charge >= 0.3 is 0 Å². The van der Waals surface area contributed by atoms with Crippen molar-refractivity contribution in [2.45, 2.75) is 9.79 Å². The van der Waals surface area contributed by atoms with Gasteiger partial charge in [0.05, 0.1) is 9.79 Å². The van der Waals surface area contributed by atoms with Crippen LogP contribution in [-0.2, 0) is 25.3 Å². The zero-order chi connectivity index (χ0) is 11.9. The minimum atomic E-state index is -4.68. The van der Waals surface area contributed by atoms with Crippen LogP contribution in [0, 0.1) is 0 Å². The topological polar surface area (TPSA) is 129 Å². The van der Waals surface area contributed by atoms with Gasteiger partial charge in [0.2, 0.25) is 0 Å². The summed E-state index contributed by atoms with van der Waals surface area (Å²) in [6, 6.07) is 1.54. The van der Waals surface area contributed by atoms with E-state index in [0.717, 1.165) is 0 Å². The van der Waals surface area contributed by atoms with Crippen LogP contribution in [0.15, 0.2) is 28.0 Å². The molecule has 0 atom stereocenters. The number of benzene rings is 1. The highest BCUT2D eigenvalue weighted by Gasteiger charge is 2.18. The summed E-state index contributed by atoms with van der Waals surface area (Å²) in [5.74, 6) is -0.960.